The van der Waals surface area contributed by atoms with E-state index in [1.807, 2.05) is 60.7 Å². The Morgan fingerprint density at radius 1 is 0.767 bits per heavy atom. The molecule has 0 aromatic heterocycles. The van der Waals surface area contributed by atoms with E-state index in [1.54, 1.807) is 6.07 Å². The van der Waals surface area contributed by atoms with E-state index in [0.717, 1.165) is 43.3 Å². The second-order valence-corrected chi connectivity index (χ2v) is 7.60. The summed E-state index contributed by atoms with van der Waals surface area (Å²) < 4.78 is 46.0. The maximum Gasteiger partial charge on any atom is 0.416 e. The van der Waals surface area contributed by atoms with Crippen LogP contribution >= 0.6 is 0 Å². The Hall–Kier alpha value is -2.79. The van der Waals surface area contributed by atoms with Crippen molar-refractivity contribution in [3.63, 3.8) is 0 Å². The average Bonchev–Trinajstić information content (AvgIpc) is 2.76. The zero-order chi connectivity index (χ0) is 21.0. The molecular weight excluding hydrogens is 387 g/mol. The molecule has 4 rings (SSSR count). The van der Waals surface area contributed by atoms with Crippen molar-refractivity contribution in [3.05, 3.63) is 102 Å². The van der Waals surface area contributed by atoms with Gasteiger partial charge in [0.15, 0.2) is 0 Å². The normalized spacial score (nSPS) is 16.9. The number of ether oxygens (including phenoxy) is 1. The molecule has 1 aliphatic rings. The van der Waals surface area contributed by atoms with Gasteiger partial charge in [0.05, 0.1) is 11.6 Å². The van der Waals surface area contributed by atoms with Crippen molar-refractivity contribution in [3.8, 4) is 5.75 Å². The molecule has 1 atom stereocenters. The highest BCUT2D eigenvalue weighted by molar-refractivity contribution is 5.35. The third kappa shape index (κ3) is 4.85. The van der Waals surface area contributed by atoms with Gasteiger partial charge in [-0.15, -0.1) is 0 Å². The van der Waals surface area contributed by atoms with Crippen molar-refractivity contribution in [1.82, 2.24) is 4.90 Å². The lowest BCUT2D eigenvalue weighted by atomic mass is 9.93. The highest BCUT2D eigenvalue weighted by Crippen LogP contribution is 2.36. The topological polar surface area (TPSA) is 12.5 Å². The largest absolute Gasteiger partial charge is 0.490 e. The van der Waals surface area contributed by atoms with Crippen LogP contribution in [-0.2, 0) is 6.18 Å². The molecule has 0 N–H and O–H groups in total. The highest BCUT2D eigenvalue weighted by atomic mass is 19.4. The minimum atomic E-state index is -4.35. The molecule has 156 valence electrons. The van der Waals surface area contributed by atoms with E-state index in [2.05, 4.69) is 4.90 Å². The summed E-state index contributed by atoms with van der Waals surface area (Å²) in [4.78, 5) is 2.26. The van der Waals surface area contributed by atoms with E-state index >= 15 is 0 Å². The van der Waals surface area contributed by atoms with E-state index in [0.29, 0.717) is 5.56 Å². The Labute approximate surface area is 174 Å². The van der Waals surface area contributed by atoms with Gasteiger partial charge in [-0.3, -0.25) is 4.90 Å². The Bertz CT molecular complexity index is 935. The summed E-state index contributed by atoms with van der Waals surface area (Å²) in [6.07, 6.45) is -2.58. The van der Waals surface area contributed by atoms with Crippen molar-refractivity contribution < 1.29 is 17.9 Å². The lowest BCUT2D eigenvalue weighted by molar-refractivity contribution is -0.137. The third-order valence-electron chi connectivity index (χ3n) is 5.53. The first-order chi connectivity index (χ1) is 14.5. The van der Waals surface area contributed by atoms with Crippen molar-refractivity contribution in [2.24, 2.45) is 0 Å². The van der Waals surface area contributed by atoms with Crippen LogP contribution in [0.2, 0.25) is 0 Å². The fourth-order valence-electron chi connectivity index (χ4n) is 4.08. The minimum Gasteiger partial charge on any atom is -0.490 e. The molecule has 0 aliphatic carbocycles. The summed E-state index contributed by atoms with van der Waals surface area (Å²) in [6, 6.07) is 25.0. The second-order valence-electron chi connectivity index (χ2n) is 7.60. The van der Waals surface area contributed by atoms with Crippen LogP contribution in [0.5, 0.6) is 5.75 Å². The number of likely N-dealkylation sites (tertiary alicyclic amines) is 1. The number of benzene rings is 3. The molecule has 0 radical (unpaired) electrons. The van der Waals surface area contributed by atoms with Gasteiger partial charge in [0.2, 0.25) is 0 Å². The molecule has 3 aromatic carbocycles. The molecule has 0 saturated carbocycles. The van der Waals surface area contributed by atoms with Crippen LogP contribution in [0.3, 0.4) is 0 Å². The van der Waals surface area contributed by atoms with Crippen LogP contribution in [0.1, 0.15) is 35.6 Å². The van der Waals surface area contributed by atoms with E-state index in [-0.39, 0.29) is 12.1 Å². The number of rotatable bonds is 5. The summed E-state index contributed by atoms with van der Waals surface area (Å²) >= 11 is 0. The smallest absolute Gasteiger partial charge is 0.416 e. The van der Waals surface area contributed by atoms with Gasteiger partial charge in [-0.25, -0.2) is 0 Å². The lowest BCUT2D eigenvalue weighted by Crippen LogP contribution is -2.40. The number of hydrogen-bond donors (Lipinski definition) is 0. The number of nitrogens with zero attached hydrogens (tertiary/aromatic N) is 1. The number of alkyl halides is 3. The predicted octanol–water partition coefficient (Wildman–Crippen LogP) is 6.34. The third-order valence-corrected chi connectivity index (χ3v) is 5.53. The van der Waals surface area contributed by atoms with Gasteiger partial charge in [0.1, 0.15) is 11.9 Å². The molecule has 1 heterocycles. The Morgan fingerprint density at radius 3 is 2.00 bits per heavy atom. The van der Waals surface area contributed by atoms with Gasteiger partial charge in [-0.2, -0.15) is 13.2 Å². The molecule has 2 nitrogen and oxygen atoms in total. The molecule has 0 spiro atoms. The molecule has 0 amide bonds. The summed E-state index contributed by atoms with van der Waals surface area (Å²) in [6.45, 7) is 1.51. The molecule has 0 unspecified atom stereocenters. The van der Waals surface area contributed by atoms with Crippen LogP contribution in [0, 0.1) is 0 Å². The molecule has 1 aliphatic heterocycles. The summed E-state index contributed by atoms with van der Waals surface area (Å²) in [5.41, 5.74) is 1.06. The van der Waals surface area contributed by atoms with Gasteiger partial charge in [-0.05, 0) is 48.2 Å². The van der Waals surface area contributed by atoms with E-state index in [4.69, 9.17) is 4.74 Å². The van der Waals surface area contributed by atoms with Crippen molar-refractivity contribution in [1.29, 1.82) is 0 Å². The molecule has 0 bridgehead atoms. The number of para-hydroxylation sites is 1. The summed E-state index contributed by atoms with van der Waals surface area (Å²) in [5, 5.41) is 0. The van der Waals surface area contributed by atoms with Crippen molar-refractivity contribution >= 4 is 0 Å². The SMILES string of the molecule is FC(F)(F)c1cccc([C@H](c2ccccc2)N2CCC(Oc3ccccc3)CC2)c1. The molecule has 1 fully saturated rings. The lowest BCUT2D eigenvalue weighted by Gasteiger charge is -2.38. The predicted molar refractivity (Wildman–Crippen MR) is 111 cm³/mol. The van der Waals surface area contributed by atoms with Crippen LogP contribution in [-0.4, -0.2) is 24.1 Å². The zero-order valence-corrected chi connectivity index (χ0v) is 16.6. The molecule has 30 heavy (non-hydrogen) atoms. The maximum absolute atomic E-state index is 13.3. The van der Waals surface area contributed by atoms with Gasteiger partial charge >= 0.3 is 6.18 Å². The average molecular weight is 411 g/mol. The van der Waals surface area contributed by atoms with Crippen molar-refractivity contribution in [2.75, 3.05) is 13.1 Å². The summed E-state index contributed by atoms with van der Waals surface area (Å²) in [5.74, 6) is 0.855. The molecular formula is C25H24F3NO. The fourth-order valence-corrected chi connectivity index (χ4v) is 4.08. The van der Waals surface area contributed by atoms with Crippen LogP contribution in [0.4, 0.5) is 13.2 Å². The molecule has 3 aromatic rings. The van der Waals surface area contributed by atoms with Gasteiger partial charge in [0.25, 0.3) is 0 Å². The zero-order valence-electron chi connectivity index (χ0n) is 16.6. The number of hydrogen-bond acceptors (Lipinski definition) is 2. The van der Waals surface area contributed by atoms with Crippen LogP contribution in [0.25, 0.3) is 0 Å². The maximum atomic E-state index is 13.3. The van der Waals surface area contributed by atoms with E-state index in [1.165, 1.54) is 12.1 Å². The Morgan fingerprint density at radius 2 is 1.37 bits per heavy atom. The van der Waals surface area contributed by atoms with Gasteiger partial charge < -0.3 is 4.74 Å². The number of halogens is 3. The van der Waals surface area contributed by atoms with Gasteiger partial charge in [0, 0.05) is 13.1 Å². The molecule has 5 heteroatoms. The van der Waals surface area contributed by atoms with Crippen molar-refractivity contribution in [2.45, 2.75) is 31.2 Å². The number of piperidine rings is 1. The first-order valence-electron chi connectivity index (χ1n) is 10.2. The van der Waals surface area contributed by atoms with Gasteiger partial charge in [-0.1, -0.05) is 60.7 Å². The molecule has 1 saturated heterocycles. The Balaban J connectivity index is 1.55. The first kappa shape index (κ1) is 20.5. The van der Waals surface area contributed by atoms with Crippen LogP contribution < -0.4 is 4.74 Å². The quantitative estimate of drug-likeness (QED) is 0.486. The van der Waals surface area contributed by atoms with E-state index in [9.17, 15) is 13.2 Å². The van der Waals surface area contributed by atoms with Crippen LogP contribution in [0.15, 0.2) is 84.9 Å². The Kier molecular flexibility index (Phi) is 6.09. The van der Waals surface area contributed by atoms with E-state index < -0.39 is 11.7 Å². The first-order valence-corrected chi connectivity index (χ1v) is 10.2. The summed E-state index contributed by atoms with van der Waals surface area (Å²) in [7, 11) is 0. The standard InChI is InChI=1S/C25H24F3NO/c26-25(27,28)21-11-7-10-20(18-21)24(19-8-3-1-4-9-19)29-16-14-23(15-17-29)30-22-12-5-2-6-13-22/h1-13,18,23-24H,14-17H2/t24-/m0/s1. The highest BCUT2D eigenvalue weighted by Gasteiger charge is 2.33. The minimum absolute atomic E-state index is 0.113. The fraction of sp³-hybridized carbons (Fsp3) is 0.280. The second kappa shape index (κ2) is 8.92. The monoisotopic (exact) mass is 411 g/mol.